The Kier molecular flexibility index (Phi) is 5.51. The highest BCUT2D eigenvalue weighted by Crippen LogP contribution is 2.36. The number of nitrogens with one attached hydrogen (secondary N) is 1. The van der Waals surface area contributed by atoms with Gasteiger partial charge in [0, 0.05) is 23.8 Å². The summed E-state index contributed by atoms with van der Waals surface area (Å²) in [6.45, 7) is 0.510. The van der Waals surface area contributed by atoms with E-state index in [1.54, 1.807) is 42.5 Å². The maximum Gasteiger partial charge on any atom is 0.437 e. The minimum absolute atomic E-state index is 0.134. The van der Waals surface area contributed by atoms with Crippen molar-refractivity contribution in [2.75, 3.05) is 23.3 Å². The molecule has 1 unspecified atom stereocenters. The molecular formula is C21H18ClF3N4O. The van der Waals surface area contributed by atoms with Crippen LogP contribution in [0.5, 0.6) is 0 Å². The van der Waals surface area contributed by atoms with Crippen LogP contribution in [0.15, 0.2) is 48.5 Å². The zero-order valence-corrected chi connectivity index (χ0v) is 16.5. The number of rotatable bonds is 3. The van der Waals surface area contributed by atoms with Gasteiger partial charge in [0.1, 0.15) is 0 Å². The Bertz CT molecular complexity index is 1070. The van der Waals surface area contributed by atoms with E-state index in [0.717, 1.165) is 0 Å². The zero-order chi connectivity index (χ0) is 21.3. The number of anilines is 2. The molecule has 5 nitrogen and oxygen atoms in total. The number of nitrogens with zero attached hydrogens (tertiary/aromatic N) is 3. The first-order valence-electron chi connectivity index (χ1n) is 9.46. The summed E-state index contributed by atoms with van der Waals surface area (Å²) in [7, 11) is 0. The minimum atomic E-state index is -4.65. The number of carbonyl (C=O) groups excluding carboxylic acids is 1. The molecular weight excluding hydrogens is 417 g/mol. The average molecular weight is 435 g/mol. The number of halogens is 4. The first-order chi connectivity index (χ1) is 14.3. The van der Waals surface area contributed by atoms with Gasteiger partial charge in [-0.1, -0.05) is 23.7 Å². The summed E-state index contributed by atoms with van der Waals surface area (Å²) >= 11 is 5.85. The maximum atomic E-state index is 13.7. The highest BCUT2D eigenvalue weighted by Gasteiger charge is 2.40. The first-order valence-corrected chi connectivity index (χ1v) is 9.84. The van der Waals surface area contributed by atoms with Crippen molar-refractivity contribution in [3.05, 3.63) is 59.2 Å². The van der Waals surface area contributed by atoms with Gasteiger partial charge in [-0.2, -0.15) is 13.2 Å². The molecule has 0 spiro atoms. The number of para-hydroxylation sites is 2. The topological polar surface area (TPSA) is 58.1 Å². The van der Waals surface area contributed by atoms with Crippen molar-refractivity contribution in [2.24, 2.45) is 5.92 Å². The second-order valence-electron chi connectivity index (χ2n) is 7.16. The predicted octanol–water partition coefficient (Wildman–Crippen LogP) is 5.16. The van der Waals surface area contributed by atoms with E-state index >= 15 is 0 Å². The van der Waals surface area contributed by atoms with Crippen LogP contribution in [-0.4, -0.2) is 29.0 Å². The quantitative estimate of drug-likeness (QED) is 0.618. The van der Waals surface area contributed by atoms with Crippen LogP contribution in [-0.2, 0) is 11.0 Å². The lowest BCUT2D eigenvalue weighted by atomic mass is 9.96. The molecule has 156 valence electrons. The van der Waals surface area contributed by atoms with Crippen molar-refractivity contribution in [3.63, 3.8) is 0 Å². The number of benzene rings is 2. The second-order valence-corrected chi connectivity index (χ2v) is 7.60. The van der Waals surface area contributed by atoms with Crippen LogP contribution < -0.4 is 10.2 Å². The van der Waals surface area contributed by atoms with E-state index < -0.39 is 17.8 Å². The molecule has 0 bridgehead atoms. The number of amides is 1. The molecule has 9 heteroatoms. The molecule has 1 atom stereocenters. The number of hydrogen-bond donors (Lipinski definition) is 1. The molecule has 4 rings (SSSR count). The van der Waals surface area contributed by atoms with Crippen molar-refractivity contribution < 1.29 is 18.0 Å². The Labute approximate surface area is 175 Å². The van der Waals surface area contributed by atoms with Crippen LogP contribution >= 0.6 is 11.6 Å². The van der Waals surface area contributed by atoms with Gasteiger partial charge in [-0.25, -0.2) is 9.97 Å². The van der Waals surface area contributed by atoms with E-state index in [1.807, 2.05) is 0 Å². The fraction of sp³-hybridized carbons (Fsp3) is 0.286. The summed E-state index contributed by atoms with van der Waals surface area (Å²) in [5.74, 6) is -0.946. The van der Waals surface area contributed by atoms with Crippen molar-refractivity contribution in [1.82, 2.24) is 9.97 Å². The third-order valence-corrected chi connectivity index (χ3v) is 5.28. The normalized spacial score (nSPS) is 17.2. The molecule has 0 saturated carbocycles. The molecule has 1 amide bonds. The fourth-order valence-electron chi connectivity index (χ4n) is 3.56. The van der Waals surface area contributed by atoms with Gasteiger partial charge in [0.15, 0.2) is 11.5 Å². The Morgan fingerprint density at radius 1 is 1.07 bits per heavy atom. The molecule has 1 aromatic heterocycles. The third kappa shape index (κ3) is 4.33. The number of hydrogen-bond acceptors (Lipinski definition) is 4. The van der Waals surface area contributed by atoms with E-state index in [0.29, 0.717) is 35.6 Å². The Morgan fingerprint density at radius 3 is 2.40 bits per heavy atom. The van der Waals surface area contributed by atoms with E-state index in [-0.39, 0.29) is 23.8 Å². The van der Waals surface area contributed by atoms with E-state index in [2.05, 4.69) is 15.3 Å². The number of carbonyl (C=O) groups is 1. The summed E-state index contributed by atoms with van der Waals surface area (Å²) in [5, 5.41) is 3.35. The minimum Gasteiger partial charge on any atom is -0.354 e. The molecule has 3 aromatic rings. The van der Waals surface area contributed by atoms with Crippen LogP contribution in [0.2, 0.25) is 5.02 Å². The number of piperidine rings is 1. The van der Waals surface area contributed by atoms with Crippen LogP contribution in [0.3, 0.4) is 0 Å². The summed E-state index contributed by atoms with van der Waals surface area (Å²) in [5.41, 5.74) is 0.124. The van der Waals surface area contributed by atoms with Crippen LogP contribution in [0.4, 0.5) is 24.7 Å². The van der Waals surface area contributed by atoms with Crippen LogP contribution in [0, 0.1) is 5.92 Å². The summed E-state index contributed by atoms with van der Waals surface area (Å²) in [6.07, 6.45) is -3.49. The summed E-state index contributed by atoms with van der Waals surface area (Å²) < 4.78 is 41.1. The zero-order valence-electron chi connectivity index (χ0n) is 15.8. The Morgan fingerprint density at radius 2 is 1.73 bits per heavy atom. The van der Waals surface area contributed by atoms with Crippen molar-refractivity contribution >= 4 is 40.0 Å². The second kappa shape index (κ2) is 8.10. The fourth-order valence-corrected chi connectivity index (χ4v) is 3.69. The van der Waals surface area contributed by atoms with Gasteiger partial charge in [0.25, 0.3) is 0 Å². The molecule has 1 N–H and O–H groups in total. The molecule has 2 heterocycles. The molecule has 1 aliphatic rings. The van der Waals surface area contributed by atoms with Crippen molar-refractivity contribution in [1.29, 1.82) is 0 Å². The van der Waals surface area contributed by atoms with Crippen molar-refractivity contribution in [3.8, 4) is 0 Å². The third-order valence-electron chi connectivity index (χ3n) is 5.02. The van der Waals surface area contributed by atoms with E-state index in [9.17, 15) is 18.0 Å². The summed E-state index contributed by atoms with van der Waals surface area (Å²) in [4.78, 5) is 22.3. The number of aromatic nitrogens is 2. The van der Waals surface area contributed by atoms with E-state index in [1.165, 1.54) is 11.0 Å². The monoisotopic (exact) mass is 434 g/mol. The highest BCUT2D eigenvalue weighted by atomic mass is 35.5. The van der Waals surface area contributed by atoms with Gasteiger partial charge in [-0.15, -0.1) is 0 Å². The average Bonchev–Trinajstić information content (AvgIpc) is 2.74. The molecule has 1 saturated heterocycles. The predicted molar refractivity (Wildman–Crippen MR) is 110 cm³/mol. The standard InChI is InChI=1S/C21H18ClF3N4O/c22-14-7-9-15(10-8-14)26-20(30)13-4-3-11-29(12-13)19-18(21(23,24)25)27-16-5-1-2-6-17(16)28-19/h1-2,5-10,13H,3-4,11-12H2,(H,26,30). The first kappa shape index (κ1) is 20.4. The maximum absolute atomic E-state index is 13.7. The Hall–Kier alpha value is -2.87. The molecule has 30 heavy (non-hydrogen) atoms. The lowest BCUT2D eigenvalue weighted by Crippen LogP contribution is -2.42. The van der Waals surface area contributed by atoms with Gasteiger partial charge in [0.2, 0.25) is 5.91 Å². The van der Waals surface area contributed by atoms with Gasteiger partial charge in [-0.3, -0.25) is 4.79 Å². The SMILES string of the molecule is O=C(Nc1ccc(Cl)cc1)C1CCCN(c2nc3ccccc3nc2C(F)(F)F)C1. The smallest absolute Gasteiger partial charge is 0.354 e. The van der Waals surface area contributed by atoms with Crippen LogP contribution in [0.25, 0.3) is 11.0 Å². The number of fused-ring (bicyclic) bond motifs is 1. The molecule has 1 fully saturated rings. The van der Waals surface area contributed by atoms with Crippen molar-refractivity contribution in [2.45, 2.75) is 19.0 Å². The van der Waals surface area contributed by atoms with Gasteiger partial charge in [-0.05, 0) is 49.2 Å². The van der Waals surface area contributed by atoms with E-state index in [4.69, 9.17) is 11.6 Å². The molecule has 2 aromatic carbocycles. The molecule has 1 aliphatic heterocycles. The van der Waals surface area contributed by atoms with Gasteiger partial charge in [0.05, 0.1) is 17.0 Å². The Balaban J connectivity index is 1.60. The van der Waals surface area contributed by atoms with Crippen LogP contribution in [0.1, 0.15) is 18.5 Å². The lowest BCUT2D eigenvalue weighted by Gasteiger charge is -2.34. The molecule has 0 aliphatic carbocycles. The van der Waals surface area contributed by atoms with Gasteiger partial charge >= 0.3 is 6.18 Å². The number of alkyl halides is 3. The highest BCUT2D eigenvalue weighted by molar-refractivity contribution is 6.30. The molecule has 0 radical (unpaired) electrons. The van der Waals surface area contributed by atoms with Gasteiger partial charge < -0.3 is 10.2 Å². The summed E-state index contributed by atoms with van der Waals surface area (Å²) in [6, 6.07) is 13.1. The largest absolute Gasteiger partial charge is 0.437 e. The lowest BCUT2D eigenvalue weighted by molar-refractivity contribution is -0.140.